The Balaban J connectivity index is 1.10. The summed E-state index contributed by atoms with van der Waals surface area (Å²) in [7, 11) is 0. The molecular weight excluding hydrogens is 352 g/mol. The molecule has 4 bridgehead atoms. The number of ether oxygens (including phenoxy) is 1. The predicted octanol–water partition coefficient (Wildman–Crippen LogP) is 3.04. The van der Waals surface area contributed by atoms with Gasteiger partial charge in [0.25, 0.3) is 0 Å². The first-order chi connectivity index (χ1) is 13.6. The summed E-state index contributed by atoms with van der Waals surface area (Å²) in [6, 6.07) is 10.1. The van der Waals surface area contributed by atoms with Gasteiger partial charge in [0, 0.05) is 18.6 Å². The minimum atomic E-state index is -0.180. The summed E-state index contributed by atoms with van der Waals surface area (Å²) in [5, 5.41) is 5.81. The second kappa shape index (κ2) is 8.64. The molecule has 5 heteroatoms. The van der Waals surface area contributed by atoms with Crippen LogP contribution < -0.4 is 10.6 Å². The molecular formula is C23H32N2O3. The molecule has 0 unspecified atom stereocenters. The molecule has 152 valence electrons. The van der Waals surface area contributed by atoms with Crippen LogP contribution in [0.25, 0.3) is 0 Å². The summed E-state index contributed by atoms with van der Waals surface area (Å²) >= 11 is 0. The smallest absolute Gasteiger partial charge is 0.239 e. The highest BCUT2D eigenvalue weighted by molar-refractivity contribution is 5.88. The van der Waals surface area contributed by atoms with Crippen molar-refractivity contribution in [2.24, 2.45) is 23.2 Å². The zero-order valence-electron chi connectivity index (χ0n) is 16.6. The van der Waals surface area contributed by atoms with Gasteiger partial charge >= 0.3 is 0 Å². The Morgan fingerprint density at radius 1 is 0.964 bits per heavy atom. The third-order valence-electron chi connectivity index (χ3n) is 6.83. The Bertz CT molecular complexity index is 653. The van der Waals surface area contributed by atoms with E-state index in [1.165, 1.54) is 19.3 Å². The lowest BCUT2D eigenvalue weighted by molar-refractivity contribution is -0.147. The van der Waals surface area contributed by atoms with Crippen molar-refractivity contribution in [3.05, 3.63) is 35.9 Å². The Morgan fingerprint density at radius 3 is 2.25 bits per heavy atom. The van der Waals surface area contributed by atoms with Gasteiger partial charge in [-0.15, -0.1) is 0 Å². The maximum atomic E-state index is 12.8. The van der Waals surface area contributed by atoms with Gasteiger partial charge in [0.2, 0.25) is 11.8 Å². The van der Waals surface area contributed by atoms with Gasteiger partial charge in [-0.1, -0.05) is 30.3 Å². The number of nitrogens with one attached hydrogen (secondary N) is 2. The second-order valence-corrected chi connectivity index (χ2v) is 9.12. The molecule has 0 atom stereocenters. The molecule has 0 heterocycles. The first kappa shape index (κ1) is 19.4. The van der Waals surface area contributed by atoms with Crippen LogP contribution in [0.2, 0.25) is 0 Å². The third-order valence-corrected chi connectivity index (χ3v) is 6.83. The van der Waals surface area contributed by atoms with E-state index in [0.29, 0.717) is 19.8 Å². The highest BCUT2D eigenvalue weighted by Gasteiger charge is 2.54. The topological polar surface area (TPSA) is 67.4 Å². The minimum Gasteiger partial charge on any atom is -0.377 e. The summed E-state index contributed by atoms with van der Waals surface area (Å²) < 4.78 is 5.62. The van der Waals surface area contributed by atoms with Gasteiger partial charge in [-0.2, -0.15) is 0 Å². The number of hydrogen-bond donors (Lipinski definition) is 2. The van der Waals surface area contributed by atoms with Gasteiger partial charge in [0.1, 0.15) is 0 Å². The molecule has 0 aliphatic heterocycles. The van der Waals surface area contributed by atoms with Crippen LogP contribution in [0.15, 0.2) is 30.3 Å². The van der Waals surface area contributed by atoms with Crippen molar-refractivity contribution < 1.29 is 14.3 Å². The summed E-state index contributed by atoms with van der Waals surface area (Å²) in [4.78, 5) is 24.9. The summed E-state index contributed by atoms with van der Waals surface area (Å²) in [5.74, 6) is 2.22. The zero-order chi connectivity index (χ0) is 19.4. The van der Waals surface area contributed by atoms with Gasteiger partial charge in [0.05, 0.1) is 13.2 Å². The van der Waals surface area contributed by atoms with E-state index in [-0.39, 0.29) is 23.8 Å². The van der Waals surface area contributed by atoms with Crippen LogP contribution >= 0.6 is 0 Å². The predicted molar refractivity (Wildman–Crippen MR) is 107 cm³/mol. The highest BCUT2D eigenvalue weighted by Crippen LogP contribution is 2.60. The Labute approximate surface area is 167 Å². The van der Waals surface area contributed by atoms with E-state index >= 15 is 0 Å². The van der Waals surface area contributed by atoms with Crippen molar-refractivity contribution in [3.8, 4) is 0 Å². The fourth-order valence-corrected chi connectivity index (χ4v) is 5.97. The van der Waals surface area contributed by atoms with Crippen LogP contribution in [0, 0.1) is 23.2 Å². The summed E-state index contributed by atoms with van der Waals surface area (Å²) in [6.07, 6.45) is 7.82. The lowest BCUT2D eigenvalue weighted by Crippen LogP contribution is -2.54. The van der Waals surface area contributed by atoms with Crippen molar-refractivity contribution in [2.45, 2.75) is 51.6 Å². The maximum absolute atomic E-state index is 12.8. The van der Waals surface area contributed by atoms with Gasteiger partial charge < -0.3 is 15.4 Å². The van der Waals surface area contributed by atoms with Crippen molar-refractivity contribution in [3.63, 3.8) is 0 Å². The molecule has 1 aromatic rings. The van der Waals surface area contributed by atoms with E-state index in [9.17, 15) is 9.59 Å². The fraction of sp³-hybridized carbons (Fsp3) is 0.652. The van der Waals surface area contributed by atoms with Crippen molar-refractivity contribution in [1.29, 1.82) is 0 Å². The Hall–Kier alpha value is -1.88. The number of rotatable bonds is 9. The molecule has 0 radical (unpaired) electrons. The summed E-state index contributed by atoms with van der Waals surface area (Å²) in [5.41, 5.74) is 0.972. The number of amides is 2. The van der Waals surface area contributed by atoms with Crippen molar-refractivity contribution >= 4 is 11.8 Å². The molecule has 4 aliphatic rings. The van der Waals surface area contributed by atoms with Crippen molar-refractivity contribution in [2.75, 3.05) is 19.7 Å². The molecule has 5 rings (SSSR count). The highest BCUT2D eigenvalue weighted by atomic mass is 16.5. The number of hydrogen-bond acceptors (Lipinski definition) is 3. The maximum Gasteiger partial charge on any atom is 0.239 e. The molecule has 2 N–H and O–H groups in total. The zero-order valence-corrected chi connectivity index (χ0v) is 16.6. The molecule has 0 saturated heterocycles. The average Bonchev–Trinajstić information content (AvgIpc) is 2.68. The van der Waals surface area contributed by atoms with E-state index in [4.69, 9.17) is 4.74 Å². The van der Waals surface area contributed by atoms with Gasteiger partial charge in [-0.3, -0.25) is 9.59 Å². The van der Waals surface area contributed by atoms with Crippen LogP contribution in [-0.4, -0.2) is 31.5 Å². The molecule has 4 fully saturated rings. The minimum absolute atomic E-state index is 0.0887. The monoisotopic (exact) mass is 384 g/mol. The Kier molecular flexibility index (Phi) is 6.00. The molecule has 2 amide bonds. The van der Waals surface area contributed by atoms with Crippen LogP contribution in [0.3, 0.4) is 0 Å². The third kappa shape index (κ3) is 4.57. The molecule has 28 heavy (non-hydrogen) atoms. The molecule has 5 nitrogen and oxygen atoms in total. The van der Waals surface area contributed by atoms with Gasteiger partial charge in [0.15, 0.2) is 0 Å². The van der Waals surface area contributed by atoms with Crippen molar-refractivity contribution in [1.82, 2.24) is 10.6 Å². The summed E-state index contributed by atoms with van der Waals surface area (Å²) in [6.45, 7) is 1.86. The molecule has 4 aliphatic carbocycles. The lowest BCUT2D eigenvalue weighted by atomic mass is 9.49. The van der Waals surface area contributed by atoms with E-state index in [1.807, 2.05) is 30.3 Å². The van der Waals surface area contributed by atoms with Crippen LogP contribution in [0.1, 0.15) is 50.5 Å². The number of benzene rings is 1. The largest absolute Gasteiger partial charge is 0.377 e. The molecule has 1 aromatic carbocycles. The second-order valence-electron chi connectivity index (χ2n) is 9.12. The van der Waals surface area contributed by atoms with Gasteiger partial charge in [-0.25, -0.2) is 0 Å². The first-order valence-corrected chi connectivity index (χ1v) is 10.8. The fourth-order valence-electron chi connectivity index (χ4n) is 5.97. The Morgan fingerprint density at radius 2 is 1.61 bits per heavy atom. The van der Waals surface area contributed by atoms with E-state index in [1.54, 1.807) is 0 Å². The lowest BCUT2D eigenvalue weighted by Gasteiger charge is -2.55. The molecule has 0 aromatic heterocycles. The van der Waals surface area contributed by atoms with Crippen LogP contribution in [-0.2, 0) is 20.9 Å². The average molecular weight is 385 g/mol. The van der Waals surface area contributed by atoms with Crippen LogP contribution in [0.4, 0.5) is 0 Å². The van der Waals surface area contributed by atoms with E-state index in [0.717, 1.165) is 49.0 Å². The number of carbonyl (C=O) groups excluding carboxylic acids is 2. The molecule has 0 spiro atoms. The SMILES string of the molecule is O=C(CNC(=O)C12CC3CC(CC(C3)C1)C2)NCCCOCc1ccccc1. The van der Waals surface area contributed by atoms with Gasteiger partial charge in [-0.05, 0) is 68.3 Å². The quantitative estimate of drug-likeness (QED) is 0.643. The standard InChI is InChI=1S/C23H32N2O3/c26-21(24-7-4-8-28-16-17-5-2-1-3-6-17)15-25-22(27)23-12-18-9-19(13-23)11-20(10-18)14-23/h1-3,5-6,18-20H,4,7-16H2,(H,24,26)(H,25,27). The van der Waals surface area contributed by atoms with E-state index in [2.05, 4.69) is 10.6 Å². The normalized spacial score (nSPS) is 30.2. The van der Waals surface area contributed by atoms with Crippen LogP contribution in [0.5, 0.6) is 0 Å². The number of carbonyl (C=O) groups is 2. The molecule has 4 saturated carbocycles. The first-order valence-electron chi connectivity index (χ1n) is 10.8. The van der Waals surface area contributed by atoms with E-state index < -0.39 is 0 Å².